The van der Waals surface area contributed by atoms with Crippen molar-refractivity contribution in [3.8, 4) is 5.75 Å². The fourth-order valence-electron chi connectivity index (χ4n) is 1.53. The third-order valence-electron chi connectivity index (χ3n) is 2.37. The summed E-state index contributed by atoms with van der Waals surface area (Å²) in [7, 11) is 1.59. The Bertz CT molecular complexity index is 438. The number of hydrogen-bond donors (Lipinski definition) is 2. The molecule has 0 radical (unpaired) electrons. The minimum atomic E-state index is -0.532. The number of carbonyl (C=O) groups is 1. The zero-order chi connectivity index (χ0) is 15.0. The maximum absolute atomic E-state index is 13.8. The van der Waals surface area contributed by atoms with Gasteiger partial charge >= 0.3 is 6.03 Å². The van der Waals surface area contributed by atoms with E-state index in [1.165, 1.54) is 12.1 Å². The summed E-state index contributed by atoms with van der Waals surface area (Å²) in [5.74, 6) is -0.0984. The van der Waals surface area contributed by atoms with Crippen LogP contribution in [0.15, 0.2) is 18.2 Å². The zero-order valence-electron chi connectivity index (χ0n) is 12.0. The van der Waals surface area contributed by atoms with Gasteiger partial charge in [-0.05, 0) is 32.4 Å². The van der Waals surface area contributed by atoms with Crippen LogP contribution in [-0.4, -0.2) is 32.4 Å². The molecule has 0 heterocycles. The van der Waals surface area contributed by atoms with Gasteiger partial charge in [0.15, 0.2) is 0 Å². The minimum Gasteiger partial charge on any atom is -0.491 e. The van der Waals surface area contributed by atoms with Crippen molar-refractivity contribution in [3.63, 3.8) is 0 Å². The van der Waals surface area contributed by atoms with Crippen molar-refractivity contribution in [2.24, 2.45) is 0 Å². The van der Waals surface area contributed by atoms with Crippen molar-refractivity contribution in [1.29, 1.82) is 0 Å². The highest BCUT2D eigenvalue weighted by Gasteiger charge is 2.08. The van der Waals surface area contributed by atoms with Crippen LogP contribution in [0.5, 0.6) is 5.75 Å². The lowest BCUT2D eigenvalue weighted by Gasteiger charge is -2.12. The van der Waals surface area contributed by atoms with E-state index >= 15 is 0 Å². The van der Waals surface area contributed by atoms with Crippen LogP contribution in [-0.2, 0) is 4.74 Å². The summed E-state index contributed by atoms with van der Waals surface area (Å²) in [6.07, 6.45) is 0.672. The minimum absolute atomic E-state index is 0.0303. The molecule has 5 nitrogen and oxygen atoms in total. The summed E-state index contributed by atoms with van der Waals surface area (Å²) in [5, 5.41) is 5.06. The quantitative estimate of drug-likeness (QED) is 0.757. The summed E-state index contributed by atoms with van der Waals surface area (Å²) in [4.78, 5) is 11.5. The summed E-state index contributed by atoms with van der Waals surface area (Å²) in [6.45, 7) is 4.75. The molecule has 0 aliphatic heterocycles. The van der Waals surface area contributed by atoms with E-state index in [1.54, 1.807) is 13.2 Å². The van der Waals surface area contributed by atoms with Gasteiger partial charge in [0.05, 0.1) is 11.8 Å². The molecular formula is C14H21FN2O3. The molecule has 0 saturated carbocycles. The monoisotopic (exact) mass is 284 g/mol. The molecule has 0 aliphatic rings. The number of benzene rings is 1. The van der Waals surface area contributed by atoms with Crippen LogP contribution in [0.2, 0.25) is 0 Å². The average molecular weight is 284 g/mol. The number of amides is 2. The van der Waals surface area contributed by atoms with Crippen LogP contribution in [0.4, 0.5) is 14.9 Å². The third kappa shape index (κ3) is 5.88. The summed E-state index contributed by atoms with van der Waals surface area (Å²) in [6, 6.07) is 3.89. The number of anilines is 1. The van der Waals surface area contributed by atoms with E-state index in [0.717, 1.165) is 0 Å². The molecule has 0 saturated heterocycles. The van der Waals surface area contributed by atoms with Gasteiger partial charge in [-0.3, -0.25) is 0 Å². The molecule has 0 atom stereocenters. The molecule has 2 amide bonds. The van der Waals surface area contributed by atoms with Crippen molar-refractivity contribution in [2.75, 3.05) is 25.6 Å². The van der Waals surface area contributed by atoms with E-state index in [9.17, 15) is 9.18 Å². The molecule has 112 valence electrons. The van der Waals surface area contributed by atoms with Gasteiger partial charge in [-0.25, -0.2) is 9.18 Å². The molecule has 0 unspecified atom stereocenters. The number of hydrogen-bond acceptors (Lipinski definition) is 3. The Labute approximate surface area is 118 Å². The van der Waals surface area contributed by atoms with Crippen LogP contribution in [0, 0.1) is 5.82 Å². The second-order valence-corrected chi connectivity index (χ2v) is 4.54. The molecule has 6 heteroatoms. The van der Waals surface area contributed by atoms with E-state index < -0.39 is 11.8 Å². The lowest BCUT2D eigenvalue weighted by Crippen LogP contribution is -2.30. The number of carbonyl (C=O) groups excluding carboxylic acids is 1. The molecular weight excluding hydrogens is 263 g/mol. The van der Waals surface area contributed by atoms with Crippen LogP contribution >= 0.6 is 0 Å². The summed E-state index contributed by atoms with van der Waals surface area (Å²) < 4.78 is 24.0. The van der Waals surface area contributed by atoms with Gasteiger partial charge in [-0.2, -0.15) is 0 Å². The van der Waals surface area contributed by atoms with Gasteiger partial charge in [0.1, 0.15) is 11.6 Å². The standard InChI is InChI=1S/C14H21FN2O3/c1-10(2)20-11-5-6-13(12(15)9-11)17-14(18)16-7-4-8-19-3/h5-6,9-10H,4,7-8H2,1-3H3,(H2,16,17,18). The summed E-state index contributed by atoms with van der Waals surface area (Å²) >= 11 is 0. The van der Waals surface area contributed by atoms with Crippen LogP contribution in [0.3, 0.4) is 0 Å². The normalized spacial score (nSPS) is 10.4. The fourth-order valence-corrected chi connectivity index (χ4v) is 1.53. The highest BCUT2D eigenvalue weighted by molar-refractivity contribution is 5.89. The van der Waals surface area contributed by atoms with Crippen molar-refractivity contribution in [3.05, 3.63) is 24.0 Å². The van der Waals surface area contributed by atoms with E-state index in [0.29, 0.717) is 25.3 Å². The van der Waals surface area contributed by atoms with Crippen LogP contribution in [0.1, 0.15) is 20.3 Å². The Morgan fingerprint density at radius 2 is 2.15 bits per heavy atom. The first kappa shape index (κ1) is 16.2. The second-order valence-electron chi connectivity index (χ2n) is 4.54. The van der Waals surface area contributed by atoms with Gasteiger partial charge in [-0.15, -0.1) is 0 Å². The zero-order valence-corrected chi connectivity index (χ0v) is 12.0. The Balaban J connectivity index is 2.49. The molecule has 0 spiro atoms. The SMILES string of the molecule is COCCCNC(=O)Nc1ccc(OC(C)C)cc1F. The second kappa shape index (κ2) is 8.37. The first-order valence-electron chi connectivity index (χ1n) is 6.53. The Hall–Kier alpha value is -1.82. The van der Waals surface area contributed by atoms with Gasteiger partial charge in [0.2, 0.25) is 0 Å². The number of urea groups is 1. The highest BCUT2D eigenvalue weighted by Crippen LogP contribution is 2.21. The van der Waals surface area contributed by atoms with Crippen molar-refractivity contribution in [2.45, 2.75) is 26.4 Å². The van der Waals surface area contributed by atoms with Crippen LogP contribution in [0.25, 0.3) is 0 Å². The van der Waals surface area contributed by atoms with E-state index in [1.807, 2.05) is 13.8 Å². The Morgan fingerprint density at radius 3 is 2.75 bits per heavy atom. The fraction of sp³-hybridized carbons (Fsp3) is 0.500. The van der Waals surface area contributed by atoms with Gasteiger partial charge in [0, 0.05) is 26.3 Å². The molecule has 2 N–H and O–H groups in total. The number of halogens is 1. The largest absolute Gasteiger partial charge is 0.491 e. The predicted molar refractivity (Wildman–Crippen MR) is 75.7 cm³/mol. The average Bonchev–Trinajstić information content (AvgIpc) is 2.37. The number of ether oxygens (including phenoxy) is 2. The number of methoxy groups -OCH3 is 1. The molecule has 20 heavy (non-hydrogen) atoms. The molecule has 1 rings (SSSR count). The first-order valence-corrected chi connectivity index (χ1v) is 6.53. The highest BCUT2D eigenvalue weighted by atomic mass is 19.1. The molecule has 0 aliphatic carbocycles. The van der Waals surface area contributed by atoms with E-state index in [4.69, 9.17) is 9.47 Å². The smallest absolute Gasteiger partial charge is 0.319 e. The van der Waals surface area contributed by atoms with Gasteiger partial charge in [-0.1, -0.05) is 0 Å². The van der Waals surface area contributed by atoms with Gasteiger partial charge < -0.3 is 20.1 Å². The molecule has 0 bridgehead atoms. The molecule has 0 fully saturated rings. The lowest BCUT2D eigenvalue weighted by atomic mass is 10.3. The van der Waals surface area contributed by atoms with E-state index in [-0.39, 0.29) is 11.8 Å². The Kier molecular flexibility index (Phi) is 6.79. The predicted octanol–water partition coefficient (Wildman–Crippen LogP) is 2.77. The maximum atomic E-state index is 13.8. The van der Waals surface area contributed by atoms with Gasteiger partial charge in [0.25, 0.3) is 0 Å². The lowest BCUT2D eigenvalue weighted by molar-refractivity contribution is 0.194. The maximum Gasteiger partial charge on any atom is 0.319 e. The molecule has 1 aromatic carbocycles. The summed E-state index contributed by atoms with van der Waals surface area (Å²) in [5.41, 5.74) is 0.116. The Morgan fingerprint density at radius 1 is 1.40 bits per heavy atom. The first-order chi connectivity index (χ1) is 9.52. The molecule has 1 aromatic rings. The molecule has 0 aromatic heterocycles. The van der Waals surface area contributed by atoms with Crippen LogP contribution < -0.4 is 15.4 Å². The third-order valence-corrected chi connectivity index (χ3v) is 2.37. The van der Waals surface area contributed by atoms with Crippen molar-refractivity contribution >= 4 is 11.7 Å². The topological polar surface area (TPSA) is 59.6 Å². The number of nitrogens with one attached hydrogen (secondary N) is 2. The van der Waals surface area contributed by atoms with E-state index in [2.05, 4.69) is 10.6 Å². The van der Waals surface area contributed by atoms with Crippen molar-refractivity contribution in [1.82, 2.24) is 5.32 Å². The number of rotatable bonds is 7. The van der Waals surface area contributed by atoms with Crippen molar-refractivity contribution < 1.29 is 18.7 Å².